The summed E-state index contributed by atoms with van der Waals surface area (Å²) in [5.41, 5.74) is 1.59. The molecule has 0 aliphatic rings. The summed E-state index contributed by atoms with van der Waals surface area (Å²) < 4.78 is 6.06. The van der Waals surface area contributed by atoms with Crippen molar-refractivity contribution in [3.8, 4) is 0 Å². The fraction of sp³-hybridized carbons (Fsp3) is 0.318. The largest absolute Gasteiger partial charge is 0.444 e. The number of hydrogen-bond donors (Lipinski definition) is 3. The molecule has 160 valence electrons. The van der Waals surface area contributed by atoms with E-state index in [1.54, 1.807) is 32.9 Å². The Morgan fingerprint density at radius 3 is 2.27 bits per heavy atom. The molecule has 7 nitrogen and oxygen atoms in total. The Balaban J connectivity index is 1.86. The molecule has 0 radical (unpaired) electrons. The molecule has 2 aromatic rings. The van der Waals surface area contributed by atoms with Crippen LogP contribution < -0.4 is 16.0 Å². The summed E-state index contributed by atoms with van der Waals surface area (Å²) in [4.78, 5) is 36.1. The fourth-order valence-corrected chi connectivity index (χ4v) is 2.77. The van der Waals surface area contributed by atoms with Crippen LogP contribution in [0.5, 0.6) is 0 Å². The van der Waals surface area contributed by atoms with E-state index in [-0.39, 0.29) is 25.4 Å². The van der Waals surface area contributed by atoms with Gasteiger partial charge in [-0.05, 0) is 50.1 Å². The minimum absolute atomic E-state index is 0.120. The topological polar surface area (TPSA) is 96.5 Å². The van der Waals surface area contributed by atoms with Gasteiger partial charge in [0.15, 0.2) is 0 Å². The molecule has 3 N–H and O–H groups in total. The van der Waals surface area contributed by atoms with Crippen LogP contribution in [0.4, 0.5) is 10.5 Å². The third-order valence-electron chi connectivity index (χ3n) is 3.84. The second-order valence-electron chi connectivity index (χ2n) is 7.64. The molecule has 0 heterocycles. The Hall–Kier alpha value is -2.87. The number of amides is 3. The first-order valence-electron chi connectivity index (χ1n) is 9.48. The maximum Gasteiger partial charge on any atom is 0.408 e. The summed E-state index contributed by atoms with van der Waals surface area (Å²) in [5.74, 6) is -0.514. The molecule has 30 heavy (non-hydrogen) atoms. The summed E-state index contributed by atoms with van der Waals surface area (Å²) in [6.07, 6.45) is -0.395. The molecule has 0 saturated carbocycles. The minimum atomic E-state index is -0.661. The quantitative estimate of drug-likeness (QED) is 0.567. The van der Waals surface area contributed by atoms with Crippen molar-refractivity contribution in [2.24, 2.45) is 0 Å². The molecule has 0 unspecified atom stereocenters. The van der Waals surface area contributed by atoms with Crippen LogP contribution >= 0.6 is 15.9 Å². The lowest BCUT2D eigenvalue weighted by molar-refractivity contribution is -0.120. The van der Waals surface area contributed by atoms with Crippen LogP contribution in [0, 0.1) is 0 Å². The average Bonchev–Trinajstić information content (AvgIpc) is 2.66. The number of alkyl carbamates (subject to hydrolysis) is 1. The van der Waals surface area contributed by atoms with Gasteiger partial charge in [0.25, 0.3) is 0 Å². The molecular weight excluding hydrogens is 450 g/mol. The Bertz CT molecular complexity index is 892. The zero-order valence-electron chi connectivity index (χ0n) is 17.3. The molecule has 0 aliphatic heterocycles. The zero-order valence-corrected chi connectivity index (χ0v) is 18.8. The number of anilines is 1. The van der Waals surface area contributed by atoms with E-state index in [9.17, 15) is 14.4 Å². The van der Waals surface area contributed by atoms with Gasteiger partial charge in [-0.1, -0.05) is 46.3 Å². The molecule has 0 aromatic heterocycles. The molecule has 8 heteroatoms. The molecular formula is C22H26BrN3O4. The molecule has 0 aliphatic carbocycles. The predicted molar refractivity (Wildman–Crippen MR) is 119 cm³/mol. The summed E-state index contributed by atoms with van der Waals surface area (Å²) in [6.45, 7) is 5.28. The van der Waals surface area contributed by atoms with Crippen molar-refractivity contribution in [2.75, 3.05) is 11.9 Å². The van der Waals surface area contributed by atoms with Crippen LogP contribution in [0.1, 0.15) is 31.9 Å². The van der Waals surface area contributed by atoms with Gasteiger partial charge in [0.05, 0.1) is 6.42 Å². The second-order valence-corrected chi connectivity index (χ2v) is 8.56. The van der Waals surface area contributed by atoms with Crippen LogP contribution in [-0.2, 0) is 27.3 Å². The number of halogens is 1. The number of carbonyl (C=O) groups is 3. The van der Waals surface area contributed by atoms with Gasteiger partial charge in [-0.3, -0.25) is 9.59 Å². The molecule has 2 rings (SSSR count). The monoisotopic (exact) mass is 475 g/mol. The van der Waals surface area contributed by atoms with E-state index in [0.29, 0.717) is 5.69 Å². The number of hydrogen-bond acceptors (Lipinski definition) is 4. The Morgan fingerprint density at radius 2 is 1.60 bits per heavy atom. The minimum Gasteiger partial charge on any atom is -0.444 e. The highest BCUT2D eigenvalue weighted by Gasteiger charge is 2.17. The number of rotatable bonds is 7. The number of nitrogens with one attached hydrogen (secondary N) is 3. The van der Waals surface area contributed by atoms with Crippen molar-refractivity contribution in [1.29, 1.82) is 0 Å². The lowest BCUT2D eigenvalue weighted by atomic mass is 10.1. The van der Waals surface area contributed by atoms with E-state index >= 15 is 0 Å². The van der Waals surface area contributed by atoms with Crippen LogP contribution in [0.2, 0.25) is 0 Å². The van der Waals surface area contributed by atoms with Crippen molar-refractivity contribution in [3.05, 3.63) is 64.1 Å². The molecule has 0 atom stereocenters. The first-order valence-corrected chi connectivity index (χ1v) is 10.3. The average molecular weight is 476 g/mol. The van der Waals surface area contributed by atoms with Crippen molar-refractivity contribution in [2.45, 2.75) is 39.3 Å². The van der Waals surface area contributed by atoms with E-state index in [0.717, 1.165) is 15.6 Å². The van der Waals surface area contributed by atoms with E-state index in [4.69, 9.17) is 4.74 Å². The third-order valence-corrected chi connectivity index (χ3v) is 4.37. The molecule has 2 aromatic carbocycles. The van der Waals surface area contributed by atoms with Gasteiger partial charge in [-0.25, -0.2) is 4.79 Å². The lowest BCUT2D eigenvalue weighted by Crippen LogP contribution is -2.37. The maximum absolute atomic E-state index is 12.2. The van der Waals surface area contributed by atoms with Crippen molar-refractivity contribution >= 4 is 39.5 Å². The van der Waals surface area contributed by atoms with Crippen LogP contribution in [-0.4, -0.2) is 30.1 Å². The Kier molecular flexibility index (Phi) is 8.41. The van der Waals surface area contributed by atoms with Crippen molar-refractivity contribution in [1.82, 2.24) is 10.6 Å². The SMILES string of the molecule is CC(C)(C)OC(=O)NCC(=O)Nc1ccccc1CNC(=O)Cc1ccc(Br)cc1. The zero-order chi connectivity index (χ0) is 22.1. The third kappa shape index (κ3) is 8.65. The highest BCUT2D eigenvalue weighted by Crippen LogP contribution is 2.15. The molecule has 0 spiro atoms. The van der Waals surface area contributed by atoms with Gasteiger partial charge in [-0.15, -0.1) is 0 Å². The Morgan fingerprint density at radius 1 is 0.933 bits per heavy atom. The lowest BCUT2D eigenvalue weighted by Gasteiger charge is -2.19. The fourth-order valence-electron chi connectivity index (χ4n) is 2.50. The highest BCUT2D eigenvalue weighted by molar-refractivity contribution is 9.10. The van der Waals surface area contributed by atoms with Gasteiger partial charge in [-0.2, -0.15) is 0 Å². The normalized spacial score (nSPS) is 10.8. The van der Waals surface area contributed by atoms with Crippen molar-refractivity contribution in [3.63, 3.8) is 0 Å². The summed E-state index contributed by atoms with van der Waals surface area (Å²) in [6, 6.07) is 14.7. The van der Waals surface area contributed by atoms with Gasteiger partial charge in [0, 0.05) is 16.7 Å². The van der Waals surface area contributed by atoms with E-state index < -0.39 is 17.6 Å². The van der Waals surface area contributed by atoms with Gasteiger partial charge >= 0.3 is 6.09 Å². The smallest absolute Gasteiger partial charge is 0.408 e. The van der Waals surface area contributed by atoms with Crippen LogP contribution in [0.25, 0.3) is 0 Å². The summed E-state index contributed by atoms with van der Waals surface area (Å²) >= 11 is 3.37. The second kappa shape index (κ2) is 10.8. The summed E-state index contributed by atoms with van der Waals surface area (Å²) in [5, 5.41) is 8.02. The van der Waals surface area contributed by atoms with Gasteiger partial charge in [0.1, 0.15) is 12.1 Å². The van der Waals surface area contributed by atoms with Crippen LogP contribution in [0.3, 0.4) is 0 Å². The first-order chi connectivity index (χ1) is 14.1. The maximum atomic E-state index is 12.2. The number of carbonyl (C=O) groups excluding carboxylic acids is 3. The Labute approximate surface area is 184 Å². The number of ether oxygens (including phenoxy) is 1. The standard InChI is InChI=1S/C22H26BrN3O4/c1-22(2,3)30-21(29)25-14-20(28)26-18-7-5-4-6-16(18)13-24-19(27)12-15-8-10-17(23)11-9-15/h4-11H,12-14H2,1-3H3,(H,24,27)(H,25,29)(H,26,28). The van der Waals surface area contributed by atoms with Crippen LogP contribution in [0.15, 0.2) is 53.0 Å². The molecule has 0 fully saturated rings. The highest BCUT2D eigenvalue weighted by atomic mass is 79.9. The number of para-hydroxylation sites is 1. The summed E-state index contributed by atoms with van der Waals surface area (Å²) in [7, 11) is 0. The first kappa shape index (κ1) is 23.4. The van der Waals surface area contributed by atoms with E-state index in [1.807, 2.05) is 36.4 Å². The van der Waals surface area contributed by atoms with E-state index in [1.165, 1.54) is 0 Å². The van der Waals surface area contributed by atoms with Gasteiger partial charge < -0.3 is 20.7 Å². The molecule has 0 saturated heterocycles. The predicted octanol–water partition coefficient (Wildman–Crippen LogP) is 3.77. The van der Waals surface area contributed by atoms with E-state index in [2.05, 4.69) is 31.9 Å². The van der Waals surface area contributed by atoms with Gasteiger partial charge in [0.2, 0.25) is 11.8 Å². The molecule has 3 amide bonds. The number of benzene rings is 2. The molecule has 0 bridgehead atoms. The van der Waals surface area contributed by atoms with Crippen molar-refractivity contribution < 1.29 is 19.1 Å².